The molecule has 0 saturated carbocycles. The van der Waals surface area contributed by atoms with Gasteiger partial charge in [-0.05, 0) is 41.5 Å². The van der Waals surface area contributed by atoms with Gasteiger partial charge in [0.05, 0.1) is 23.7 Å². The van der Waals surface area contributed by atoms with E-state index in [0.717, 1.165) is 37.7 Å². The number of esters is 1. The molecular formula is C25H26ClN2O7P. The highest BCUT2D eigenvalue weighted by atomic mass is 35.5. The van der Waals surface area contributed by atoms with Crippen molar-refractivity contribution >= 4 is 47.8 Å². The fourth-order valence-electron chi connectivity index (χ4n) is 3.69. The second kappa shape index (κ2) is 11.7. The number of hydrogen-bond acceptors (Lipinski definition) is 7. The maximum atomic E-state index is 12.9. The first-order chi connectivity index (χ1) is 17.1. The van der Waals surface area contributed by atoms with Gasteiger partial charge >= 0.3 is 13.6 Å². The standard InChI is InChI=1S/C25H26ClN2O7P/c1-15(18-11-7-9-16-8-5-6-10-19(16)18)27-22(29)17-12-13-20(21(26)14-17)23(30)28-24(25(31)33-2)36(32,34-3)35-4/h5-15,24H,1-4H3,(H,27,29)(H,28,30)/t15-,24?/m1/s1. The molecule has 190 valence electrons. The Hall–Kier alpha value is -3.23. The Kier molecular flexibility index (Phi) is 8.87. The number of ether oxygens (including phenoxy) is 1. The van der Waals surface area contributed by atoms with E-state index in [1.165, 1.54) is 18.2 Å². The summed E-state index contributed by atoms with van der Waals surface area (Å²) in [6.07, 6.45) is 0. The molecule has 2 N–H and O–H groups in total. The summed E-state index contributed by atoms with van der Waals surface area (Å²) in [4.78, 5) is 37.8. The highest BCUT2D eigenvalue weighted by molar-refractivity contribution is 7.55. The highest BCUT2D eigenvalue weighted by Gasteiger charge is 2.42. The summed E-state index contributed by atoms with van der Waals surface area (Å²) in [6, 6.07) is 17.5. The third-order valence-electron chi connectivity index (χ3n) is 5.63. The fraction of sp³-hybridized carbons (Fsp3) is 0.240. The molecule has 0 heterocycles. The lowest BCUT2D eigenvalue weighted by molar-refractivity contribution is -0.141. The number of carbonyl (C=O) groups is 3. The van der Waals surface area contributed by atoms with Crippen molar-refractivity contribution in [2.75, 3.05) is 21.3 Å². The Morgan fingerprint density at radius 1 is 0.889 bits per heavy atom. The monoisotopic (exact) mass is 532 g/mol. The molecule has 0 bridgehead atoms. The predicted octanol–water partition coefficient (Wildman–Crippen LogP) is 4.70. The van der Waals surface area contributed by atoms with Crippen molar-refractivity contribution in [3.8, 4) is 0 Å². The molecule has 3 rings (SSSR count). The summed E-state index contributed by atoms with van der Waals surface area (Å²) in [5, 5.41) is 7.26. The topological polar surface area (TPSA) is 120 Å². The van der Waals surface area contributed by atoms with Crippen LogP contribution in [0.15, 0.2) is 60.7 Å². The molecule has 0 aliphatic rings. The van der Waals surface area contributed by atoms with E-state index in [1.54, 1.807) is 0 Å². The van der Waals surface area contributed by atoms with Crippen molar-refractivity contribution in [3.05, 3.63) is 82.4 Å². The van der Waals surface area contributed by atoms with Crippen LogP contribution in [0.1, 0.15) is 39.2 Å². The van der Waals surface area contributed by atoms with E-state index < -0.39 is 25.3 Å². The molecule has 0 spiro atoms. The normalized spacial score (nSPS) is 13.0. The van der Waals surface area contributed by atoms with E-state index in [0.29, 0.717) is 0 Å². The number of carbonyl (C=O) groups excluding carboxylic acids is 3. The first-order valence-corrected chi connectivity index (χ1v) is 12.8. The van der Waals surface area contributed by atoms with E-state index in [-0.39, 0.29) is 28.1 Å². The molecule has 0 fully saturated rings. The van der Waals surface area contributed by atoms with Gasteiger partial charge in [-0.3, -0.25) is 14.2 Å². The van der Waals surface area contributed by atoms with Crippen LogP contribution in [0.4, 0.5) is 0 Å². The van der Waals surface area contributed by atoms with Gasteiger partial charge in [0.15, 0.2) is 0 Å². The molecule has 0 saturated heterocycles. The van der Waals surface area contributed by atoms with Gasteiger partial charge in [0.1, 0.15) is 0 Å². The van der Waals surface area contributed by atoms with Gasteiger partial charge < -0.3 is 24.4 Å². The maximum absolute atomic E-state index is 12.9. The second-order valence-corrected chi connectivity index (χ2v) is 10.5. The SMILES string of the molecule is COC(=O)C(NC(=O)c1ccc(C(=O)N[C@H](C)c2cccc3ccccc23)cc1Cl)P(=O)(OC)OC. The summed E-state index contributed by atoms with van der Waals surface area (Å²) in [5.41, 5.74) is 1.13. The van der Waals surface area contributed by atoms with E-state index >= 15 is 0 Å². The van der Waals surface area contributed by atoms with Crippen molar-refractivity contribution in [2.45, 2.75) is 18.7 Å². The zero-order valence-corrected chi connectivity index (χ0v) is 21.8. The van der Waals surface area contributed by atoms with Gasteiger partial charge in [0.25, 0.3) is 11.8 Å². The number of methoxy groups -OCH3 is 1. The Balaban J connectivity index is 1.79. The van der Waals surface area contributed by atoms with Crippen molar-refractivity contribution in [1.82, 2.24) is 10.6 Å². The highest BCUT2D eigenvalue weighted by Crippen LogP contribution is 2.51. The lowest BCUT2D eigenvalue weighted by atomic mass is 9.99. The average Bonchev–Trinajstić information content (AvgIpc) is 2.90. The maximum Gasteiger partial charge on any atom is 0.363 e. The summed E-state index contributed by atoms with van der Waals surface area (Å²) >= 11 is 6.29. The molecule has 0 aliphatic carbocycles. The third-order valence-corrected chi connectivity index (χ3v) is 7.93. The Morgan fingerprint density at radius 3 is 2.19 bits per heavy atom. The zero-order valence-electron chi connectivity index (χ0n) is 20.1. The fourth-order valence-corrected chi connectivity index (χ4v) is 5.17. The lowest BCUT2D eigenvalue weighted by Crippen LogP contribution is -2.42. The van der Waals surface area contributed by atoms with Gasteiger partial charge in [0, 0.05) is 19.8 Å². The molecule has 2 amide bonds. The van der Waals surface area contributed by atoms with Crippen LogP contribution < -0.4 is 10.6 Å². The summed E-state index contributed by atoms with van der Waals surface area (Å²) < 4.78 is 27.0. The van der Waals surface area contributed by atoms with Crippen molar-refractivity contribution < 1.29 is 32.7 Å². The quantitative estimate of drug-likeness (QED) is 0.303. The van der Waals surface area contributed by atoms with E-state index in [4.69, 9.17) is 20.6 Å². The van der Waals surface area contributed by atoms with Gasteiger partial charge in [-0.2, -0.15) is 0 Å². The van der Waals surface area contributed by atoms with Crippen molar-refractivity contribution in [1.29, 1.82) is 0 Å². The zero-order chi connectivity index (χ0) is 26.5. The Labute approximate surface area is 213 Å². The van der Waals surface area contributed by atoms with Crippen LogP contribution in [-0.2, 0) is 23.1 Å². The minimum absolute atomic E-state index is 0.0498. The average molecular weight is 533 g/mol. The summed E-state index contributed by atoms with van der Waals surface area (Å²) in [6.45, 7) is 1.87. The summed E-state index contributed by atoms with van der Waals surface area (Å²) in [5.74, 6) is -3.96. The van der Waals surface area contributed by atoms with Crippen LogP contribution >= 0.6 is 19.2 Å². The van der Waals surface area contributed by atoms with Gasteiger partial charge in [-0.1, -0.05) is 54.1 Å². The number of amides is 2. The molecule has 36 heavy (non-hydrogen) atoms. The third kappa shape index (κ3) is 5.77. The molecule has 1 unspecified atom stereocenters. The van der Waals surface area contributed by atoms with Crippen molar-refractivity contribution in [3.63, 3.8) is 0 Å². The number of fused-ring (bicyclic) bond motifs is 1. The second-order valence-electron chi connectivity index (χ2n) is 7.76. The van der Waals surface area contributed by atoms with Crippen LogP contribution in [0.25, 0.3) is 10.8 Å². The van der Waals surface area contributed by atoms with Gasteiger partial charge in [0.2, 0.25) is 5.78 Å². The van der Waals surface area contributed by atoms with E-state index in [9.17, 15) is 18.9 Å². The van der Waals surface area contributed by atoms with Crippen LogP contribution in [0, 0.1) is 0 Å². The number of hydrogen-bond donors (Lipinski definition) is 2. The molecule has 0 aromatic heterocycles. The molecule has 3 aromatic carbocycles. The Morgan fingerprint density at radius 2 is 1.56 bits per heavy atom. The van der Waals surface area contributed by atoms with Crippen LogP contribution in [0.3, 0.4) is 0 Å². The smallest absolute Gasteiger partial charge is 0.363 e. The van der Waals surface area contributed by atoms with Crippen molar-refractivity contribution in [2.24, 2.45) is 0 Å². The minimum Gasteiger partial charge on any atom is -0.467 e. The molecule has 0 radical (unpaired) electrons. The first kappa shape index (κ1) is 27.4. The minimum atomic E-state index is -4.06. The molecule has 0 aliphatic heterocycles. The number of halogens is 1. The Bertz CT molecular complexity index is 1330. The number of rotatable bonds is 9. The first-order valence-electron chi connectivity index (χ1n) is 10.8. The van der Waals surface area contributed by atoms with Crippen LogP contribution in [0.2, 0.25) is 5.02 Å². The molecule has 3 aromatic rings. The predicted molar refractivity (Wildman–Crippen MR) is 136 cm³/mol. The molecule has 2 atom stereocenters. The van der Waals surface area contributed by atoms with Crippen LogP contribution in [-0.4, -0.2) is 44.9 Å². The van der Waals surface area contributed by atoms with E-state index in [1.807, 2.05) is 49.4 Å². The largest absolute Gasteiger partial charge is 0.467 e. The van der Waals surface area contributed by atoms with Crippen LogP contribution in [0.5, 0.6) is 0 Å². The number of benzene rings is 3. The van der Waals surface area contributed by atoms with E-state index in [2.05, 4.69) is 15.4 Å². The molecule has 11 heteroatoms. The van der Waals surface area contributed by atoms with Gasteiger partial charge in [-0.25, -0.2) is 4.79 Å². The molecular weight excluding hydrogens is 507 g/mol. The summed E-state index contributed by atoms with van der Waals surface area (Å²) in [7, 11) is -0.838. The lowest BCUT2D eigenvalue weighted by Gasteiger charge is -2.23. The molecule has 9 nitrogen and oxygen atoms in total. The number of nitrogens with one attached hydrogen (secondary N) is 2. The van der Waals surface area contributed by atoms with Gasteiger partial charge in [-0.15, -0.1) is 0 Å².